The van der Waals surface area contributed by atoms with E-state index in [-0.39, 0.29) is 64.2 Å². The van der Waals surface area contributed by atoms with Gasteiger partial charge in [-0.25, -0.2) is 0 Å². The zero-order valence-corrected chi connectivity index (χ0v) is 9.58. The van der Waals surface area contributed by atoms with Gasteiger partial charge in [-0.3, -0.25) is 0 Å². The molecular formula is C6H16CaO6. The molecule has 0 aromatic carbocycles. The number of hydrogen-bond donors (Lipinski definition) is 6. The predicted molar refractivity (Wildman–Crippen MR) is 46.1 cm³/mol. The second-order valence-electron chi connectivity index (χ2n) is 2.04. The molecule has 0 spiro atoms. The van der Waals surface area contributed by atoms with Gasteiger partial charge in [-0.05, 0) is 0 Å². The van der Waals surface area contributed by atoms with Crippen LogP contribution in [0, 0.1) is 0 Å². The molecule has 0 aromatic rings. The molecule has 78 valence electrons. The largest absolute Gasteiger partial charge is 0.394 e. The van der Waals surface area contributed by atoms with Gasteiger partial charge in [0.25, 0.3) is 0 Å². The standard InChI is InChI=1S/2C3H8O3.Ca/c2*4-1-3(6)2-5;/h2*3-6H,1-2H2;. The number of rotatable bonds is 4. The quantitative estimate of drug-likeness (QED) is 0.273. The third-order valence-electron chi connectivity index (χ3n) is 0.843. The first-order valence-electron chi connectivity index (χ1n) is 3.41. The van der Waals surface area contributed by atoms with Crippen molar-refractivity contribution in [1.82, 2.24) is 0 Å². The molecule has 6 N–H and O–H groups in total. The first-order valence-corrected chi connectivity index (χ1v) is 3.41. The van der Waals surface area contributed by atoms with Gasteiger partial charge in [0.2, 0.25) is 0 Å². The van der Waals surface area contributed by atoms with Crippen LogP contribution in [-0.4, -0.2) is 107 Å². The molecule has 0 heterocycles. The molecule has 6 nitrogen and oxygen atoms in total. The summed E-state index contributed by atoms with van der Waals surface area (Å²) in [7, 11) is 0. The van der Waals surface area contributed by atoms with Gasteiger partial charge in [0.15, 0.2) is 0 Å². The van der Waals surface area contributed by atoms with E-state index in [9.17, 15) is 0 Å². The zero-order valence-electron chi connectivity index (χ0n) is 7.37. The van der Waals surface area contributed by atoms with Gasteiger partial charge in [-0.15, -0.1) is 0 Å². The van der Waals surface area contributed by atoms with Crippen LogP contribution in [-0.2, 0) is 0 Å². The van der Waals surface area contributed by atoms with Gasteiger partial charge in [-0.1, -0.05) is 0 Å². The molecule has 0 saturated carbocycles. The van der Waals surface area contributed by atoms with Crippen LogP contribution in [0.4, 0.5) is 0 Å². The second kappa shape index (κ2) is 15.5. The van der Waals surface area contributed by atoms with E-state index in [1.54, 1.807) is 0 Å². The molecule has 0 aromatic heterocycles. The summed E-state index contributed by atoms with van der Waals surface area (Å²) in [5, 5.41) is 48.0. The summed E-state index contributed by atoms with van der Waals surface area (Å²) < 4.78 is 0. The van der Waals surface area contributed by atoms with E-state index >= 15 is 0 Å². The fraction of sp³-hybridized carbons (Fsp3) is 1.00. The topological polar surface area (TPSA) is 121 Å². The van der Waals surface area contributed by atoms with Crippen molar-refractivity contribution in [2.45, 2.75) is 12.2 Å². The van der Waals surface area contributed by atoms with E-state index < -0.39 is 12.2 Å². The summed E-state index contributed by atoms with van der Waals surface area (Å²) in [5.74, 6) is 0. The van der Waals surface area contributed by atoms with Crippen molar-refractivity contribution in [3.8, 4) is 0 Å². The number of hydrogen-bond acceptors (Lipinski definition) is 6. The van der Waals surface area contributed by atoms with Crippen LogP contribution in [0.2, 0.25) is 0 Å². The Labute approximate surface area is 106 Å². The van der Waals surface area contributed by atoms with Crippen molar-refractivity contribution in [1.29, 1.82) is 0 Å². The van der Waals surface area contributed by atoms with E-state index in [1.807, 2.05) is 0 Å². The van der Waals surface area contributed by atoms with E-state index in [0.717, 1.165) is 0 Å². The summed E-state index contributed by atoms with van der Waals surface area (Å²) in [4.78, 5) is 0. The van der Waals surface area contributed by atoms with Gasteiger partial charge in [0.1, 0.15) is 12.2 Å². The molecule has 0 aliphatic heterocycles. The molecule has 0 rings (SSSR count). The first-order chi connectivity index (χ1) is 5.62. The molecule has 0 saturated heterocycles. The Morgan fingerprint density at radius 3 is 0.769 bits per heavy atom. The summed E-state index contributed by atoms with van der Waals surface area (Å²) in [6.07, 6.45) is -1.91. The first kappa shape index (κ1) is 19.6. The molecule has 0 atom stereocenters. The Morgan fingerprint density at radius 2 is 0.769 bits per heavy atom. The monoisotopic (exact) mass is 224 g/mol. The second-order valence-corrected chi connectivity index (χ2v) is 2.04. The SMILES string of the molecule is OCC(O)CO.OCC(O)CO.[Ca]. The molecule has 0 amide bonds. The molecule has 0 fully saturated rings. The summed E-state index contributed by atoms with van der Waals surface area (Å²) in [6.45, 7) is -1.46. The molecule has 0 unspecified atom stereocenters. The minimum Gasteiger partial charge on any atom is -0.394 e. The fourth-order valence-corrected chi connectivity index (χ4v) is 0.115. The Morgan fingerprint density at radius 1 is 0.615 bits per heavy atom. The van der Waals surface area contributed by atoms with Crippen LogP contribution in [0.1, 0.15) is 0 Å². The number of aliphatic hydroxyl groups excluding tert-OH is 6. The van der Waals surface area contributed by atoms with Crippen LogP contribution >= 0.6 is 0 Å². The maximum absolute atomic E-state index is 8.17. The molecule has 0 bridgehead atoms. The van der Waals surface area contributed by atoms with E-state index in [2.05, 4.69) is 0 Å². The summed E-state index contributed by atoms with van der Waals surface area (Å²) in [5.41, 5.74) is 0. The molecular weight excluding hydrogens is 208 g/mol. The molecule has 0 aliphatic rings. The third-order valence-corrected chi connectivity index (χ3v) is 0.843. The van der Waals surface area contributed by atoms with E-state index in [1.165, 1.54) is 0 Å². The van der Waals surface area contributed by atoms with Crippen molar-refractivity contribution < 1.29 is 30.6 Å². The van der Waals surface area contributed by atoms with Crippen molar-refractivity contribution >= 4 is 37.7 Å². The Balaban J connectivity index is -0.000000143. The molecule has 13 heavy (non-hydrogen) atoms. The van der Waals surface area contributed by atoms with Crippen LogP contribution < -0.4 is 0 Å². The normalized spacial score (nSPS) is 9.23. The van der Waals surface area contributed by atoms with Crippen LogP contribution in [0.25, 0.3) is 0 Å². The smallest absolute Gasteiger partial charge is 0.100 e. The van der Waals surface area contributed by atoms with Crippen LogP contribution in [0.3, 0.4) is 0 Å². The van der Waals surface area contributed by atoms with Gasteiger partial charge in [-0.2, -0.15) is 0 Å². The average Bonchev–Trinajstić information content (AvgIpc) is 2.16. The third kappa shape index (κ3) is 19.4. The van der Waals surface area contributed by atoms with Gasteiger partial charge >= 0.3 is 0 Å². The molecule has 2 radical (unpaired) electrons. The fourth-order valence-electron chi connectivity index (χ4n) is 0.115. The summed E-state index contributed by atoms with van der Waals surface area (Å²) in [6, 6.07) is 0. The van der Waals surface area contributed by atoms with Gasteiger partial charge in [0, 0.05) is 37.7 Å². The molecule has 0 aliphatic carbocycles. The van der Waals surface area contributed by atoms with Crippen molar-refractivity contribution in [2.75, 3.05) is 26.4 Å². The summed E-state index contributed by atoms with van der Waals surface area (Å²) >= 11 is 0. The van der Waals surface area contributed by atoms with Gasteiger partial charge < -0.3 is 30.6 Å². The van der Waals surface area contributed by atoms with Crippen molar-refractivity contribution in [3.63, 3.8) is 0 Å². The number of aliphatic hydroxyl groups is 6. The Hall–Kier alpha value is 1.02. The maximum Gasteiger partial charge on any atom is 0.100 e. The predicted octanol–water partition coefficient (Wildman–Crippen LogP) is -3.72. The van der Waals surface area contributed by atoms with Crippen LogP contribution in [0.15, 0.2) is 0 Å². The van der Waals surface area contributed by atoms with Crippen LogP contribution in [0.5, 0.6) is 0 Å². The molecule has 7 heteroatoms. The van der Waals surface area contributed by atoms with Gasteiger partial charge in [0.05, 0.1) is 26.4 Å². The Bertz CT molecular complexity index is 65.5. The minimum absolute atomic E-state index is 0. The van der Waals surface area contributed by atoms with Crippen molar-refractivity contribution in [2.24, 2.45) is 0 Å². The average molecular weight is 224 g/mol. The van der Waals surface area contributed by atoms with E-state index in [4.69, 9.17) is 30.6 Å². The zero-order chi connectivity index (χ0) is 9.98. The van der Waals surface area contributed by atoms with E-state index in [0.29, 0.717) is 0 Å². The Kier molecular flexibility index (Phi) is 23.3. The minimum atomic E-state index is -0.954. The van der Waals surface area contributed by atoms with Crippen molar-refractivity contribution in [3.05, 3.63) is 0 Å². The maximum atomic E-state index is 8.17.